The largest absolute Gasteiger partial charge is 0.479 e. The maximum Gasteiger partial charge on any atom is 0.339 e. The molecule has 0 saturated carbocycles. The van der Waals surface area contributed by atoms with Crippen molar-refractivity contribution in [3.05, 3.63) is 35.2 Å². The van der Waals surface area contributed by atoms with Gasteiger partial charge in [-0.2, -0.15) is 5.26 Å². The van der Waals surface area contributed by atoms with Gasteiger partial charge >= 0.3 is 5.97 Å². The Morgan fingerprint density at radius 3 is 2.68 bits per heavy atom. The van der Waals surface area contributed by atoms with E-state index in [-0.39, 0.29) is 17.2 Å². The van der Waals surface area contributed by atoms with Gasteiger partial charge in [0.05, 0.1) is 0 Å². The second kappa shape index (κ2) is 5.42. The minimum Gasteiger partial charge on any atom is -0.479 e. The molecule has 2 rings (SSSR count). The van der Waals surface area contributed by atoms with Crippen LogP contribution >= 0.6 is 11.3 Å². The first-order chi connectivity index (χ1) is 9.13. The van der Waals surface area contributed by atoms with Crippen LogP contribution in [0, 0.1) is 11.3 Å². The van der Waals surface area contributed by atoms with Crippen LogP contribution in [0.5, 0.6) is 5.75 Å². The molecular formula is C13H10N2O3S. The Kier molecular flexibility index (Phi) is 3.68. The molecule has 6 heteroatoms. The summed E-state index contributed by atoms with van der Waals surface area (Å²) in [5.41, 5.74) is 7.10. The summed E-state index contributed by atoms with van der Waals surface area (Å²) in [5, 5.41) is 19.5. The zero-order valence-corrected chi connectivity index (χ0v) is 10.6. The summed E-state index contributed by atoms with van der Waals surface area (Å²) >= 11 is 1.19. The van der Waals surface area contributed by atoms with Crippen LogP contribution in [-0.2, 0) is 0 Å². The molecule has 1 heterocycles. The molecule has 0 amide bonds. The van der Waals surface area contributed by atoms with Gasteiger partial charge in [0.1, 0.15) is 22.4 Å². The quantitative estimate of drug-likeness (QED) is 0.893. The van der Waals surface area contributed by atoms with E-state index in [0.29, 0.717) is 11.3 Å². The van der Waals surface area contributed by atoms with Gasteiger partial charge in [-0.3, -0.25) is 0 Å². The highest BCUT2D eigenvalue weighted by Gasteiger charge is 2.17. The molecular weight excluding hydrogens is 264 g/mol. The Balaban J connectivity index is 2.33. The van der Waals surface area contributed by atoms with E-state index in [0.717, 1.165) is 5.56 Å². The number of nitrogens with two attached hydrogens (primary N) is 1. The first-order valence-electron chi connectivity index (χ1n) is 5.34. The standard InChI is InChI=1S/C13H10N2O3S/c14-5-6-18-9-3-1-8(2-4-9)10-7-19-12(15)11(10)13(16)17/h1-4,7H,6,15H2,(H,16,17). The highest BCUT2D eigenvalue weighted by atomic mass is 32.1. The van der Waals surface area contributed by atoms with Gasteiger partial charge in [0.25, 0.3) is 0 Å². The minimum atomic E-state index is -1.04. The van der Waals surface area contributed by atoms with Crippen LogP contribution in [0.1, 0.15) is 10.4 Å². The predicted molar refractivity (Wildman–Crippen MR) is 72.2 cm³/mol. The molecule has 0 saturated heterocycles. The van der Waals surface area contributed by atoms with E-state index in [1.807, 2.05) is 6.07 Å². The number of rotatable bonds is 4. The van der Waals surface area contributed by atoms with E-state index < -0.39 is 5.97 Å². The monoisotopic (exact) mass is 274 g/mol. The fraction of sp³-hybridized carbons (Fsp3) is 0.0769. The third-order valence-corrected chi connectivity index (χ3v) is 3.31. The third-order valence-electron chi connectivity index (χ3n) is 2.50. The number of carboxylic acid groups (broad SMARTS) is 1. The van der Waals surface area contributed by atoms with Crippen LogP contribution < -0.4 is 10.5 Å². The first kappa shape index (κ1) is 12.9. The van der Waals surface area contributed by atoms with E-state index in [4.69, 9.17) is 20.8 Å². The summed E-state index contributed by atoms with van der Waals surface area (Å²) in [7, 11) is 0. The molecule has 0 aliphatic rings. The number of anilines is 1. The molecule has 0 spiro atoms. The Morgan fingerprint density at radius 2 is 2.11 bits per heavy atom. The maximum absolute atomic E-state index is 11.2. The number of hydrogen-bond acceptors (Lipinski definition) is 5. The Labute approximate surface area is 113 Å². The lowest BCUT2D eigenvalue weighted by atomic mass is 10.0. The Bertz CT molecular complexity index is 641. The molecule has 1 aromatic heterocycles. The highest BCUT2D eigenvalue weighted by Crippen LogP contribution is 2.34. The predicted octanol–water partition coefficient (Wildman–Crippen LogP) is 2.60. The number of ether oxygens (including phenoxy) is 1. The number of nitrogen functional groups attached to an aromatic ring is 1. The van der Waals surface area contributed by atoms with Gasteiger partial charge < -0.3 is 15.6 Å². The average Bonchev–Trinajstić information content (AvgIpc) is 2.79. The highest BCUT2D eigenvalue weighted by molar-refractivity contribution is 7.14. The molecule has 0 radical (unpaired) electrons. The van der Waals surface area contributed by atoms with Gasteiger partial charge in [-0.15, -0.1) is 11.3 Å². The lowest BCUT2D eigenvalue weighted by Crippen LogP contribution is -2.00. The normalized spacial score (nSPS) is 9.84. The SMILES string of the molecule is N#CCOc1ccc(-c2csc(N)c2C(=O)O)cc1. The number of carbonyl (C=O) groups is 1. The van der Waals surface area contributed by atoms with Crippen molar-refractivity contribution < 1.29 is 14.6 Å². The molecule has 5 nitrogen and oxygen atoms in total. The van der Waals surface area contributed by atoms with Crippen LogP contribution in [0.2, 0.25) is 0 Å². The zero-order valence-electron chi connectivity index (χ0n) is 9.79. The number of nitriles is 1. The van der Waals surface area contributed by atoms with Crippen molar-refractivity contribution in [3.63, 3.8) is 0 Å². The number of aromatic carboxylic acids is 1. The number of nitrogens with zero attached hydrogens (tertiary/aromatic N) is 1. The van der Waals surface area contributed by atoms with Crippen LogP contribution in [0.4, 0.5) is 5.00 Å². The van der Waals surface area contributed by atoms with Crippen molar-refractivity contribution >= 4 is 22.3 Å². The Morgan fingerprint density at radius 1 is 1.42 bits per heavy atom. The van der Waals surface area contributed by atoms with Crippen molar-refractivity contribution in [1.29, 1.82) is 5.26 Å². The fourth-order valence-corrected chi connectivity index (χ4v) is 2.47. The molecule has 96 valence electrons. The van der Waals surface area contributed by atoms with Crippen LogP contribution in [-0.4, -0.2) is 17.7 Å². The second-order valence-corrected chi connectivity index (χ2v) is 4.58. The van der Waals surface area contributed by atoms with E-state index in [2.05, 4.69) is 0 Å². The maximum atomic E-state index is 11.2. The number of thiophene rings is 1. The summed E-state index contributed by atoms with van der Waals surface area (Å²) < 4.78 is 5.13. The number of benzene rings is 1. The fourth-order valence-electron chi connectivity index (χ4n) is 1.65. The molecule has 0 aliphatic carbocycles. The van der Waals surface area contributed by atoms with E-state index in [1.54, 1.807) is 29.6 Å². The van der Waals surface area contributed by atoms with Gasteiger partial charge in [0.15, 0.2) is 6.61 Å². The molecule has 0 aliphatic heterocycles. The second-order valence-electron chi connectivity index (χ2n) is 3.66. The summed E-state index contributed by atoms with van der Waals surface area (Å²) in [5.74, 6) is -0.482. The summed E-state index contributed by atoms with van der Waals surface area (Å²) in [6.07, 6.45) is 0. The van der Waals surface area contributed by atoms with Crippen molar-refractivity contribution in [2.45, 2.75) is 0 Å². The van der Waals surface area contributed by atoms with Crippen LogP contribution in [0.15, 0.2) is 29.6 Å². The molecule has 19 heavy (non-hydrogen) atoms. The first-order valence-corrected chi connectivity index (χ1v) is 6.22. The lowest BCUT2D eigenvalue weighted by Gasteiger charge is -2.04. The smallest absolute Gasteiger partial charge is 0.339 e. The van der Waals surface area contributed by atoms with E-state index in [9.17, 15) is 4.79 Å². The van der Waals surface area contributed by atoms with Crippen molar-refractivity contribution in [2.24, 2.45) is 0 Å². The lowest BCUT2D eigenvalue weighted by molar-refractivity contribution is 0.0699. The summed E-state index contributed by atoms with van der Waals surface area (Å²) in [6, 6.07) is 8.72. The molecule has 0 atom stereocenters. The van der Waals surface area contributed by atoms with Gasteiger partial charge in [0.2, 0.25) is 0 Å². The molecule has 2 aromatic rings. The topological polar surface area (TPSA) is 96.3 Å². The molecule has 0 fully saturated rings. The van der Waals surface area contributed by atoms with Gasteiger partial charge in [0, 0.05) is 10.9 Å². The van der Waals surface area contributed by atoms with Crippen molar-refractivity contribution in [3.8, 4) is 22.9 Å². The van der Waals surface area contributed by atoms with Gasteiger partial charge in [-0.05, 0) is 17.7 Å². The van der Waals surface area contributed by atoms with Crippen LogP contribution in [0.25, 0.3) is 11.1 Å². The number of hydrogen-bond donors (Lipinski definition) is 2. The van der Waals surface area contributed by atoms with Crippen molar-refractivity contribution in [1.82, 2.24) is 0 Å². The van der Waals surface area contributed by atoms with Crippen molar-refractivity contribution in [2.75, 3.05) is 12.3 Å². The van der Waals surface area contributed by atoms with E-state index in [1.165, 1.54) is 11.3 Å². The molecule has 0 bridgehead atoms. The van der Waals surface area contributed by atoms with Gasteiger partial charge in [-0.1, -0.05) is 12.1 Å². The molecule has 3 N–H and O–H groups in total. The summed E-state index contributed by atoms with van der Waals surface area (Å²) in [4.78, 5) is 11.2. The number of carboxylic acids is 1. The third kappa shape index (κ3) is 2.67. The molecule has 0 unspecified atom stereocenters. The zero-order chi connectivity index (χ0) is 13.8. The van der Waals surface area contributed by atoms with Crippen LogP contribution in [0.3, 0.4) is 0 Å². The average molecular weight is 274 g/mol. The van der Waals surface area contributed by atoms with Gasteiger partial charge in [-0.25, -0.2) is 4.79 Å². The van der Waals surface area contributed by atoms with E-state index >= 15 is 0 Å². The minimum absolute atomic E-state index is 0.0227. The molecule has 1 aromatic carbocycles. The summed E-state index contributed by atoms with van der Waals surface area (Å²) in [6.45, 7) is -0.0227. The Hall–Kier alpha value is -2.52.